The molecule has 0 aromatic carbocycles. The van der Waals surface area contributed by atoms with E-state index in [1.165, 1.54) is 0 Å². The fourth-order valence-corrected chi connectivity index (χ4v) is 1.69. The van der Waals surface area contributed by atoms with Crippen LogP contribution in [0.5, 0.6) is 0 Å². The summed E-state index contributed by atoms with van der Waals surface area (Å²) in [6.07, 6.45) is 1.60. The predicted molar refractivity (Wildman–Crippen MR) is 70.7 cm³/mol. The molecule has 1 aromatic rings. The number of carbonyl (C=O) groups excluding carboxylic acids is 2. The van der Waals surface area contributed by atoms with Crippen LogP contribution < -0.4 is 10.8 Å². The van der Waals surface area contributed by atoms with Gasteiger partial charge in [0.15, 0.2) is 0 Å². The highest BCUT2D eigenvalue weighted by Gasteiger charge is 2.24. The monoisotopic (exact) mass is 267 g/mol. The summed E-state index contributed by atoms with van der Waals surface area (Å²) < 4.78 is 1.75. The predicted octanol–water partition coefficient (Wildman–Crippen LogP) is 1.37. The van der Waals surface area contributed by atoms with E-state index in [9.17, 15) is 9.59 Å². The van der Waals surface area contributed by atoms with Gasteiger partial charge in [0, 0.05) is 24.4 Å². The SMILES string of the molecule is C[C@H](NC(=O)C(C)(C)C)c1cc(C(=O)NO)cn1C. The zero-order valence-corrected chi connectivity index (χ0v) is 11.9. The highest BCUT2D eigenvalue weighted by molar-refractivity contribution is 5.93. The van der Waals surface area contributed by atoms with Crippen molar-refractivity contribution in [2.24, 2.45) is 12.5 Å². The van der Waals surface area contributed by atoms with Gasteiger partial charge in [-0.2, -0.15) is 0 Å². The molecule has 0 aliphatic rings. The van der Waals surface area contributed by atoms with Crippen molar-refractivity contribution < 1.29 is 14.8 Å². The Kier molecular flexibility index (Phi) is 4.36. The molecule has 0 unspecified atom stereocenters. The first-order valence-corrected chi connectivity index (χ1v) is 6.08. The number of hydrogen-bond acceptors (Lipinski definition) is 3. The second kappa shape index (κ2) is 5.44. The van der Waals surface area contributed by atoms with Crippen molar-refractivity contribution in [3.63, 3.8) is 0 Å². The maximum absolute atomic E-state index is 11.9. The summed E-state index contributed by atoms with van der Waals surface area (Å²) in [4.78, 5) is 23.2. The third-order valence-electron chi connectivity index (χ3n) is 2.88. The number of hydroxylamine groups is 1. The standard InChI is InChI=1S/C13H21N3O3/c1-8(14-12(18)13(2,3)4)10-6-9(7-16(10)5)11(17)15-19/h6-8,19H,1-5H3,(H,14,18)(H,15,17)/t8-/m0/s1. The average molecular weight is 267 g/mol. The van der Waals surface area contributed by atoms with Crippen LogP contribution in [0.2, 0.25) is 0 Å². The van der Waals surface area contributed by atoms with Crippen LogP contribution in [0.15, 0.2) is 12.3 Å². The Labute approximate surface area is 112 Å². The molecule has 6 heteroatoms. The Hall–Kier alpha value is -1.82. The summed E-state index contributed by atoms with van der Waals surface area (Å²) in [5, 5.41) is 11.5. The van der Waals surface area contributed by atoms with E-state index in [2.05, 4.69) is 5.32 Å². The lowest BCUT2D eigenvalue weighted by atomic mass is 9.95. The molecule has 0 radical (unpaired) electrons. The van der Waals surface area contributed by atoms with Crippen LogP contribution in [0.4, 0.5) is 0 Å². The van der Waals surface area contributed by atoms with Crippen LogP contribution in [0, 0.1) is 5.41 Å². The number of nitrogens with one attached hydrogen (secondary N) is 2. The van der Waals surface area contributed by atoms with E-state index in [0.717, 1.165) is 5.69 Å². The Balaban J connectivity index is 2.89. The Morgan fingerprint density at radius 2 is 1.95 bits per heavy atom. The van der Waals surface area contributed by atoms with Crippen LogP contribution in [0.3, 0.4) is 0 Å². The summed E-state index contributed by atoms with van der Waals surface area (Å²) in [5.74, 6) is -0.634. The van der Waals surface area contributed by atoms with Crippen molar-refractivity contribution in [1.82, 2.24) is 15.4 Å². The van der Waals surface area contributed by atoms with E-state index in [0.29, 0.717) is 5.56 Å². The molecule has 1 rings (SSSR count). The topological polar surface area (TPSA) is 83.4 Å². The van der Waals surface area contributed by atoms with Crippen LogP contribution >= 0.6 is 0 Å². The first kappa shape index (κ1) is 15.2. The molecule has 0 saturated heterocycles. The lowest BCUT2D eigenvalue weighted by molar-refractivity contribution is -0.129. The molecular formula is C13H21N3O3. The molecule has 0 spiro atoms. The number of hydrogen-bond donors (Lipinski definition) is 3. The summed E-state index contributed by atoms with van der Waals surface area (Å²) in [6, 6.07) is 1.41. The largest absolute Gasteiger partial charge is 0.352 e. The van der Waals surface area contributed by atoms with Crippen LogP contribution in [0.1, 0.15) is 49.8 Å². The van der Waals surface area contributed by atoms with Crippen molar-refractivity contribution >= 4 is 11.8 Å². The maximum Gasteiger partial charge on any atom is 0.276 e. The van der Waals surface area contributed by atoms with E-state index in [-0.39, 0.29) is 11.9 Å². The number of aromatic nitrogens is 1. The molecule has 6 nitrogen and oxygen atoms in total. The number of amides is 2. The van der Waals surface area contributed by atoms with Crippen molar-refractivity contribution in [3.05, 3.63) is 23.5 Å². The van der Waals surface area contributed by atoms with Gasteiger partial charge < -0.3 is 9.88 Å². The molecule has 19 heavy (non-hydrogen) atoms. The van der Waals surface area contributed by atoms with E-state index < -0.39 is 11.3 Å². The van der Waals surface area contributed by atoms with E-state index in [1.54, 1.807) is 29.4 Å². The van der Waals surface area contributed by atoms with Crippen LogP contribution in [-0.4, -0.2) is 21.6 Å². The van der Waals surface area contributed by atoms with Gasteiger partial charge in [-0.3, -0.25) is 14.8 Å². The molecule has 1 heterocycles. The van der Waals surface area contributed by atoms with Gasteiger partial charge in [-0.25, -0.2) is 5.48 Å². The number of rotatable bonds is 3. The van der Waals surface area contributed by atoms with Crippen molar-refractivity contribution in [1.29, 1.82) is 0 Å². The normalized spacial score (nSPS) is 12.9. The quantitative estimate of drug-likeness (QED) is 0.571. The van der Waals surface area contributed by atoms with Crippen molar-refractivity contribution in [2.45, 2.75) is 33.7 Å². The minimum absolute atomic E-state index is 0.0608. The summed E-state index contributed by atoms with van der Waals surface area (Å²) in [5.41, 5.74) is 2.25. The van der Waals surface area contributed by atoms with Gasteiger partial charge in [0.2, 0.25) is 5.91 Å². The molecule has 0 aliphatic carbocycles. The van der Waals surface area contributed by atoms with Gasteiger partial charge in [-0.05, 0) is 13.0 Å². The Bertz CT molecular complexity index is 486. The molecule has 1 atom stereocenters. The number of aryl methyl sites for hydroxylation is 1. The second-order valence-corrected chi connectivity index (χ2v) is 5.65. The van der Waals surface area contributed by atoms with Crippen molar-refractivity contribution in [3.8, 4) is 0 Å². The highest BCUT2D eigenvalue weighted by Crippen LogP contribution is 2.19. The zero-order chi connectivity index (χ0) is 14.8. The molecular weight excluding hydrogens is 246 g/mol. The molecule has 3 N–H and O–H groups in total. The van der Waals surface area contributed by atoms with E-state index >= 15 is 0 Å². The van der Waals surface area contributed by atoms with E-state index in [4.69, 9.17) is 5.21 Å². The second-order valence-electron chi connectivity index (χ2n) is 5.65. The molecule has 0 fully saturated rings. The minimum Gasteiger partial charge on any atom is -0.352 e. The maximum atomic E-state index is 11.9. The molecule has 1 aromatic heterocycles. The highest BCUT2D eigenvalue weighted by atomic mass is 16.5. The van der Waals surface area contributed by atoms with Crippen molar-refractivity contribution in [2.75, 3.05) is 0 Å². The fourth-order valence-electron chi connectivity index (χ4n) is 1.69. The molecule has 0 saturated carbocycles. The van der Waals surface area contributed by atoms with Gasteiger partial charge in [-0.1, -0.05) is 20.8 Å². The van der Waals surface area contributed by atoms with Gasteiger partial charge in [0.1, 0.15) is 0 Å². The Morgan fingerprint density at radius 1 is 1.37 bits per heavy atom. The molecule has 0 aliphatic heterocycles. The van der Waals surface area contributed by atoms with Gasteiger partial charge >= 0.3 is 0 Å². The van der Waals surface area contributed by atoms with Gasteiger partial charge in [0.05, 0.1) is 11.6 Å². The lowest BCUT2D eigenvalue weighted by Gasteiger charge is -2.22. The van der Waals surface area contributed by atoms with Gasteiger partial charge in [0.25, 0.3) is 5.91 Å². The molecule has 2 amide bonds. The minimum atomic E-state index is -0.573. The summed E-state index contributed by atoms with van der Waals surface area (Å²) in [6.45, 7) is 7.36. The third-order valence-corrected chi connectivity index (χ3v) is 2.88. The number of nitrogens with zero attached hydrogens (tertiary/aromatic N) is 1. The molecule has 0 bridgehead atoms. The van der Waals surface area contributed by atoms with Crippen LogP contribution in [0.25, 0.3) is 0 Å². The smallest absolute Gasteiger partial charge is 0.276 e. The van der Waals surface area contributed by atoms with Crippen LogP contribution in [-0.2, 0) is 11.8 Å². The van der Waals surface area contributed by atoms with Gasteiger partial charge in [-0.15, -0.1) is 0 Å². The fraction of sp³-hybridized carbons (Fsp3) is 0.538. The first-order chi connectivity index (χ1) is 8.66. The lowest BCUT2D eigenvalue weighted by Crippen LogP contribution is -2.36. The molecule has 106 valence electrons. The Morgan fingerprint density at radius 3 is 2.42 bits per heavy atom. The summed E-state index contributed by atoms with van der Waals surface area (Å²) >= 11 is 0. The zero-order valence-electron chi connectivity index (χ0n) is 11.9. The summed E-state index contributed by atoms with van der Waals surface area (Å²) in [7, 11) is 1.78. The van der Waals surface area contributed by atoms with E-state index in [1.807, 2.05) is 27.7 Å². The number of carbonyl (C=O) groups is 2. The average Bonchev–Trinajstić information content (AvgIpc) is 2.69. The third kappa shape index (κ3) is 3.57. The first-order valence-electron chi connectivity index (χ1n) is 6.08.